The average molecular weight is 860 g/mol. The maximum absolute atomic E-state index is 12.6. The predicted molar refractivity (Wildman–Crippen MR) is 248 cm³/mol. The van der Waals surface area contributed by atoms with Crippen LogP contribution in [0.25, 0.3) is 0 Å². The summed E-state index contributed by atoms with van der Waals surface area (Å²) >= 11 is 0. The van der Waals surface area contributed by atoms with Crippen LogP contribution in [-0.2, 0) is 19.1 Å². The van der Waals surface area contributed by atoms with Gasteiger partial charge in [0, 0.05) is 43.5 Å². The Bertz CT molecular complexity index is 2080. The molecule has 7 nitrogen and oxygen atoms in total. The summed E-state index contributed by atoms with van der Waals surface area (Å²) in [6.07, 6.45) is 19.5. The van der Waals surface area contributed by atoms with Crippen LogP contribution in [0.4, 0.5) is 5.69 Å². The van der Waals surface area contributed by atoms with Gasteiger partial charge in [-0.05, 0) is 209 Å². The monoisotopic (exact) mass is 860 g/mol. The summed E-state index contributed by atoms with van der Waals surface area (Å²) in [7, 11) is 3.72. The Morgan fingerprint density at radius 3 is 2.54 bits per heavy atom. The van der Waals surface area contributed by atoms with Gasteiger partial charge in [0.05, 0.1) is 25.9 Å². The van der Waals surface area contributed by atoms with E-state index in [9.17, 15) is 19.8 Å². The van der Waals surface area contributed by atoms with E-state index >= 15 is 0 Å². The van der Waals surface area contributed by atoms with Crippen molar-refractivity contribution < 1.29 is 29.3 Å². The maximum atomic E-state index is 12.6. The number of ether oxygens (including phenoxy) is 2. The van der Waals surface area contributed by atoms with Gasteiger partial charge in [-0.3, -0.25) is 9.59 Å². The normalized spacial score (nSPS) is 43.8. The van der Waals surface area contributed by atoms with E-state index in [1.807, 2.05) is 13.0 Å². The van der Waals surface area contributed by atoms with E-state index in [2.05, 4.69) is 68.8 Å². The Labute approximate surface area is 378 Å². The second kappa shape index (κ2) is 16.4. The summed E-state index contributed by atoms with van der Waals surface area (Å²) in [5.41, 5.74) is 6.97. The fourth-order valence-electron chi connectivity index (χ4n) is 17.7. The molecule has 1 aromatic rings. The van der Waals surface area contributed by atoms with Gasteiger partial charge in [0.2, 0.25) is 0 Å². The van der Waals surface area contributed by atoms with Crippen LogP contribution in [0.1, 0.15) is 155 Å². The van der Waals surface area contributed by atoms with Crippen molar-refractivity contribution in [1.82, 2.24) is 0 Å². The highest BCUT2D eigenvalue weighted by Gasteiger charge is 2.72. The minimum atomic E-state index is -0.364. The number of aliphatic hydroxyl groups is 2. The third-order valence-corrected chi connectivity index (χ3v) is 21.0. The highest BCUT2D eigenvalue weighted by atomic mass is 16.5. The van der Waals surface area contributed by atoms with E-state index in [-0.39, 0.29) is 45.9 Å². The molecular formula is C56H77NO6. The second-order valence-electron chi connectivity index (χ2n) is 23.2. The first-order chi connectivity index (χ1) is 30.3. The molecule has 7 fully saturated rings. The number of methoxy groups -OCH3 is 1. The van der Waals surface area contributed by atoms with E-state index in [0.717, 1.165) is 83.8 Å². The molecule has 2 N–H and O–H groups in total. The van der Waals surface area contributed by atoms with Gasteiger partial charge < -0.3 is 24.6 Å². The number of fused-ring (bicyclic) bond motifs is 8. The van der Waals surface area contributed by atoms with E-state index < -0.39 is 0 Å². The molecule has 10 rings (SSSR count). The number of benzene rings is 1. The number of carbonyl (C=O) groups is 2. The van der Waals surface area contributed by atoms with Crippen LogP contribution in [0.2, 0.25) is 0 Å². The first-order valence-electron chi connectivity index (χ1n) is 25.6. The molecule has 8 aliphatic carbocycles. The molecule has 16 atom stereocenters. The smallest absolute Gasteiger partial charge is 0.305 e. The number of carbonyl (C=O) groups excluding carboxylic acids is 2. The lowest BCUT2D eigenvalue weighted by Gasteiger charge is -2.64. The molecule has 342 valence electrons. The predicted octanol–water partition coefficient (Wildman–Crippen LogP) is 10.4. The molecule has 1 heterocycles. The van der Waals surface area contributed by atoms with E-state index in [4.69, 9.17) is 9.47 Å². The van der Waals surface area contributed by atoms with E-state index in [0.29, 0.717) is 71.9 Å². The zero-order valence-corrected chi connectivity index (χ0v) is 39.4. The van der Waals surface area contributed by atoms with Crippen LogP contribution < -0.4 is 4.90 Å². The Balaban J connectivity index is 0.781. The van der Waals surface area contributed by atoms with Gasteiger partial charge in [-0.15, -0.1) is 5.92 Å². The number of anilines is 1. The average Bonchev–Trinajstić information content (AvgIpc) is 3.74. The van der Waals surface area contributed by atoms with Crippen molar-refractivity contribution in [2.75, 3.05) is 32.2 Å². The number of nitrogens with zero attached hydrogens (tertiary/aromatic N) is 1. The van der Waals surface area contributed by atoms with Gasteiger partial charge in [0.1, 0.15) is 5.60 Å². The van der Waals surface area contributed by atoms with E-state index in [1.54, 1.807) is 5.57 Å². The Morgan fingerprint density at radius 2 is 1.79 bits per heavy atom. The Morgan fingerprint density at radius 1 is 0.984 bits per heavy atom. The summed E-state index contributed by atoms with van der Waals surface area (Å²) < 4.78 is 11.4. The third kappa shape index (κ3) is 6.81. The lowest BCUT2D eigenvalue weighted by atomic mass is 9.42. The van der Waals surface area contributed by atoms with Crippen LogP contribution in [0.15, 0.2) is 47.1 Å². The van der Waals surface area contributed by atoms with Crippen molar-refractivity contribution in [3.63, 3.8) is 0 Å². The number of esters is 1. The summed E-state index contributed by atoms with van der Waals surface area (Å²) in [6, 6.07) is 9.55. The van der Waals surface area contributed by atoms with Gasteiger partial charge >= 0.3 is 5.97 Å². The fourth-order valence-corrected chi connectivity index (χ4v) is 17.7. The van der Waals surface area contributed by atoms with Gasteiger partial charge in [-0.2, -0.15) is 0 Å². The maximum Gasteiger partial charge on any atom is 0.305 e. The topological polar surface area (TPSA) is 96.3 Å². The summed E-state index contributed by atoms with van der Waals surface area (Å²) in [5, 5.41) is 24.1. The molecular weight excluding hydrogens is 783 g/mol. The number of hydrogen-bond donors (Lipinski definition) is 2. The number of ketones is 1. The van der Waals surface area contributed by atoms with Crippen molar-refractivity contribution in [2.45, 2.75) is 167 Å². The fraction of sp³-hybridized carbons (Fsp3) is 0.750. The van der Waals surface area contributed by atoms with Crippen LogP contribution >= 0.6 is 0 Å². The molecule has 0 aromatic heterocycles. The zero-order valence-electron chi connectivity index (χ0n) is 39.4. The lowest BCUT2D eigenvalue weighted by Crippen LogP contribution is -2.64. The molecule has 63 heavy (non-hydrogen) atoms. The van der Waals surface area contributed by atoms with Crippen LogP contribution in [-0.4, -0.2) is 67.1 Å². The van der Waals surface area contributed by atoms with Crippen molar-refractivity contribution in [3.05, 3.63) is 52.6 Å². The third-order valence-electron chi connectivity index (χ3n) is 21.0. The molecule has 0 radical (unpaired) electrons. The zero-order chi connectivity index (χ0) is 44.1. The molecule has 1 aromatic carbocycles. The molecule has 1 spiro atoms. The number of aliphatic hydroxyl groups excluding tert-OH is 2. The van der Waals surface area contributed by atoms with Gasteiger partial charge in [-0.1, -0.05) is 44.4 Å². The Kier molecular flexibility index (Phi) is 11.5. The molecule has 9 aliphatic rings. The minimum Gasteiger partial charge on any atom is -0.469 e. The lowest BCUT2D eigenvalue weighted by molar-refractivity contribution is -0.245. The van der Waals surface area contributed by atoms with Crippen LogP contribution in [0, 0.1) is 81.3 Å². The summed E-state index contributed by atoms with van der Waals surface area (Å²) in [4.78, 5) is 27.0. The quantitative estimate of drug-likeness (QED) is 0.179. The van der Waals surface area contributed by atoms with Gasteiger partial charge in [-0.25, -0.2) is 0 Å². The molecule has 7 heteroatoms. The highest BCUT2D eigenvalue weighted by molar-refractivity contribution is 5.93. The molecule has 0 amide bonds. The summed E-state index contributed by atoms with van der Waals surface area (Å²) in [5.74, 6) is 11.4. The first kappa shape index (κ1) is 43.9. The SMILES string of the molecule is CC#C[C@]12CCC3C4CCC5=CC(=O)CCC5=C4[C@@H](c4ccc(N(C)CCCC5CC[C@@]6(C)[C@@H](C5)C[C@@H](O)[C@@H]5[C@@H]6C[C@H](O)[C@]6(C)[C@@H]([C@H](C)CCC(=O)OC)CC[C@@H]56)cc4)C[C@@]31CO2. The molecule has 1 aliphatic heterocycles. The number of allylic oxidation sites excluding steroid dienone is 4. The van der Waals surface area contributed by atoms with E-state index in [1.165, 1.54) is 61.6 Å². The molecule has 1 saturated heterocycles. The van der Waals surface area contributed by atoms with Crippen molar-refractivity contribution >= 4 is 17.4 Å². The molecule has 0 bridgehead atoms. The largest absolute Gasteiger partial charge is 0.469 e. The van der Waals surface area contributed by atoms with Gasteiger partial charge in [0.15, 0.2) is 5.78 Å². The minimum absolute atomic E-state index is 0.122. The molecule has 3 unspecified atom stereocenters. The number of rotatable bonds is 10. The second-order valence-corrected chi connectivity index (χ2v) is 23.2. The standard InChI is InChI=1S/C56H77NO6/c1-7-24-56-26-23-45-42-17-13-37-29-40(58)16-18-41(37)51(42)43(32-55(45,56)33-63-56)36-11-14-39(15-12-36)57(5)27-8-9-35-22-25-53(3)38(28-35)30-48(59)52-46-20-19-44(34(2)10-21-50(61)62-6)54(46,4)49(60)31-47(52)53/h11-12,14-15,29,34-35,38,42-49,52,59-60H,8-10,13,16-23,25-28,30-33H2,1-6H3/t34-,35?,38+,42?,43-,44-,45?,46+,47+,48-,49+,52+,53+,54-,55-,56+/m1/s1. The first-order valence-corrected chi connectivity index (χ1v) is 25.6. The summed E-state index contributed by atoms with van der Waals surface area (Å²) in [6.45, 7) is 10.9. The Hall–Kier alpha value is -2.92. The van der Waals surface area contributed by atoms with Crippen molar-refractivity contribution in [1.29, 1.82) is 0 Å². The highest BCUT2D eigenvalue weighted by Crippen LogP contribution is 2.72. The van der Waals surface area contributed by atoms with Crippen molar-refractivity contribution in [2.24, 2.45) is 69.5 Å². The van der Waals surface area contributed by atoms with Crippen LogP contribution in [0.3, 0.4) is 0 Å². The van der Waals surface area contributed by atoms with Crippen molar-refractivity contribution in [3.8, 4) is 11.8 Å². The van der Waals surface area contributed by atoms with Crippen LogP contribution in [0.5, 0.6) is 0 Å². The van der Waals surface area contributed by atoms with Gasteiger partial charge in [0.25, 0.3) is 0 Å². The molecule has 6 saturated carbocycles. The number of hydrogen-bond acceptors (Lipinski definition) is 7.